The molecule has 3 aromatic rings. The van der Waals surface area contributed by atoms with Crippen molar-refractivity contribution in [1.29, 1.82) is 5.26 Å². The van der Waals surface area contributed by atoms with E-state index in [4.69, 9.17) is 10.00 Å². The molecule has 2 aromatic heterocycles. The highest BCUT2D eigenvalue weighted by Crippen LogP contribution is 2.19. The van der Waals surface area contributed by atoms with Crippen LogP contribution in [0.15, 0.2) is 48.8 Å². The van der Waals surface area contributed by atoms with Crippen molar-refractivity contribution in [2.75, 3.05) is 18.1 Å². The largest absolute Gasteiger partial charge is 0.451 e. The number of hydrogen-bond acceptors (Lipinski definition) is 5. The molecule has 2 heterocycles. The van der Waals surface area contributed by atoms with E-state index in [0.29, 0.717) is 11.3 Å². The van der Waals surface area contributed by atoms with Crippen molar-refractivity contribution in [2.45, 2.75) is 20.3 Å². The molecule has 142 valence electrons. The van der Waals surface area contributed by atoms with Crippen molar-refractivity contribution in [2.24, 2.45) is 0 Å². The van der Waals surface area contributed by atoms with E-state index in [1.165, 1.54) is 4.90 Å². The van der Waals surface area contributed by atoms with Gasteiger partial charge in [-0.3, -0.25) is 4.79 Å². The van der Waals surface area contributed by atoms with Crippen LogP contribution in [0, 0.1) is 25.2 Å². The van der Waals surface area contributed by atoms with Crippen LogP contribution in [-0.2, 0) is 9.53 Å². The maximum Gasteiger partial charge on any atom is 0.359 e. The Labute approximate surface area is 162 Å². The average Bonchev–Trinajstić information content (AvgIpc) is 3.10. The van der Waals surface area contributed by atoms with Gasteiger partial charge in [-0.15, -0.1) is 0 Å². The Morgan fingerprint density at radius 2 is 1.96 bits per heavy atom. The molecule has 7 nitrogen and oxygen atoms in total. The summed E-state index contributed by atoms with van der Waals surface area (Å²) in [5, 5.41) is 8.91. The van der Waals surface area contributed by atoms with Gasteiger partial charge in [0.2, 0.25) is 0 Å². The summed E-state index contributed by atoms with van der Waals surface area (Å²) in [6, 6.07) is 13.2. The summed E-state index contributed by atoms with van der Waals surface area (Å²) in [4.78, 5) is 30.6. The quantitative estimate of drug-likeness (QED) is 0.617. The summed E-state index contributed by atoms with van der Waals surface area (Å²) in [5.74, 6) is -1.06. The third-order valence-corrected chi connectivity index (χ3v) is 4.17. The number of rotatable bonds is 6. The van der Waals surface area contributed by atoms with Crippen molar-refractivity contribution in [3.05, 3.63) is 65.6 Å². The Hall–Kier alpha value is -3.66. The van der Waals surface area contributed by atoms with Gasteiger partial charge in [0.05, 0.1) is 12.5 Å². The van der Waals surface area contributed by atoms with Crippen molar-refractivity contribution < 1.29 is 14.3 Å². The molecule has 0 fully saturated rings. The second-order valence-electron chi connectivity index (χ2n) is 6.47. The number of esters is 1. The SMILES string of the molecule is Cc1cc(C)cc(N(CCC#N)C(=O)COC(=O)c2cn3ccccc3n2)c1. The van der Waals surface area contributed by atoms with Crippen LogP contribution in [0.5, 0.6) is 0 Å². The summed E-state index contributed by atoms with van der Waals surface area (Å²) < 4.78 is 6.88. The Bertz CT molecular complexity index is 1010. The first-order valence-electron chi connectivity index (χ1n) is 8.84. The minimum atomic E-state index is -0.669. The molecule has 0 N–H and O–H groups in total. The van der Waals surface area contributed by atoms with E-state index in [9.17, 15) is 9.59 Å². The smallest absolute Gasteiger partial charge is 0.359 e. The van der Waals surface area contributed by atoms with Gasteiger partial charge in [0.25, 0.3) is 5.91 Å². The maximum absolute atomic E-state index is 12.7. The molecular formula is C21H20N4O3. The molecule has 7 heteroatoms. The lowest BCUT2D eigenvalue weighted by Crippen LogP contribution is -2.35. The third kappa shape index (κ3) is 4.35. The number of benzene rings is 1. The Kier molecular flexibility index (Phi) is 5.70. The number of carbonyl (C=O) groups is 2. The van der Waals surface area contributed by atoms with Gasteiger partial charge in [-0.05, 0) is 49.2 Å². The zero-order chi connectivity index (χ0) is 20.1. The molecular weight excluding hydrogens is 356 g/mol. The lowest BCUT2D eigenvalue weighted by molar-refractivity contribution is -0.121. The van der Waals surface area contributed by atoms with Crippen LogP contribution in [0.1, 0.15) is 28.0 Å². The summed E-state index contributed by atoms with van der Waals surface area (Å²) in [7, 11) is 0. The summed E-state index contributed by atoms with van der Waals surface area (Å²) >= 11 is 0. The first kappa shape index (κ1) is 19.1. The number of imidazole rings is 1. The molecule has 0 spiro atoms. The van der Waals surface area contributed by atoms with Gasteiger partial charge in [0.1, 0.15) is 5.65 Å². The fourth-order valence-electron chi connectivity index (χ4n) is 2.98. The number of pyridine rings is 1. The van der Waals surface area contributed by atoms with E-state index in [1.807, 2.05) is 50.2 Å². The highest BCUT2D eigenvalue weighted by molar-refractivity contribution is 5.97. The summed E-state index contributed by atoms with van der Waals surface area (Å²) in [5.41, 5.74) is 3.44. The van der Waals surface area contributed by atoms with Crippen LogP contribution >= 0.6 is 0 Å². The van der Waals surface area contributed by atoms with Crippen molar-refractivity contribution in [3.8, 4) is 6.07 Å². The van der Waals surface area contributed by atoms with E-state index in [0.717, 1.165) is 11.1 Å². The van der Waals surface area contributed by atoms with Crippen LogP contribution < -0.4 is 4.90 Å². The molecule has 0 radical (unpaired) electrons. The molecule has 28 heavy (non-hydrogen) atoms. The zero-order valence-corrected chi connectivity index (χ0v) is 15.8. The number of nitrogens with zero attached hydrogens (tertiary/aromatic N) is 4. The molecule has 0 atom stereocenters. The van der Waals surface area contributed by atoms with Gasteiger partial charge in [-0.2, -0.15) is 5.26 Å². The molecule has 0 saturated heterocycles. The first-order valence-corrected chi connectivity index (χ1v) is 8.84. The van der Waals surface area contributed by atoms with Crippen molar-refractivity contribution >= 4 is 23.2 Å². The lowest BCUT2D eigenvalue weighted by atomic mass is 10.1. The van der Waals surface area contributed by atoms with Crippen LogP contribution in [0.3, 0.4) is 0 Å². The predicted octanol–water partition coefficient (Wildman–Crippen LogP) is 3.05. The molecule has 0 aliphatic rings. The zero-order valence-electron chi connectivity index (χ0n) is 15.8. The number of carbonyl (C=O) groups excluding carboxylic acids is 2. The fraction of sp³-hybridized carbons (Fsp3) is 0.238. The fourth-order valence-corrected chi connectivity index (χ4v) is 2.98. The van der Waals surface area contributed by atoms with Gasteiger partial charge in [-0.1, -0.05) is 12.1 Å². The number of aromatic nitrogens is 2. The highest BCUT2D eigenvalue weighted by Gasteiger charge is 2.20. The molecule has 0 aliphatic heterocycles. The molecule has 1 amide bonds. The molecule has 3 rings (SSSR count). The normalized spacial score (nSPS) is 10.5. The number of fused-ring (bicyclic) bond motifs is 1. The van der Waals surface area contributed by atoms with E-state index >= 15 is 0 Å². The molecule has 0 unspecified atom stereocenters. The van der Waals surface area contributed by atoms with E-state index in [-0.39, 0.29) is 18.7 Å². The van der Waals surface area contributed by atoms with E-state index < -0.39 is 18.5 Å². The van der Waals surface area contributed by atoms with Gasteiger partial charge in [0, 0.05) is 24.6 Å². The molecule has 0 aliphatic carbocycles. The number of aryl methyl sites for hydroxylation is 2. The van der Waals surface area contributed by atoms with Crippen LogP contribution in [0.25, 0.3) is 5.65 Å². The second-order valence-corrected chi connectivity index (χ2v) is 6.47. The monoisotopic (exact) mass is 376 g/mol. The first-order chi connectivity index (χ1) is 13.5. The van der Waals surface area contributed by atoms with Crippen LogP contribution in [0.2, 0.25) is 0 Å². The molecule has 0 bridgehead atoms. The van der Waals surface area contributed by atoms with Crippen LogP contribution in [0.4, 0.5) is 5.69 Å². The topological polar surface area (TPSA) is 87.7 Å². The minimum Gasteiger partial charge on any atom is -0.451 e. The highest BCUT2D eigenvalue weighted by atomic mass is 16.5. The van der Waals surface area contributed by atoms with Crippen molar-refractivity contribution in [3.63, 3.8) is 0 Å². The summed E-state index contributed by atoms with van der Waals surface area (Å²) in [6.45, 7) is 3.68. The predicted molar refractivity (Wildman–Crippen MR) is 104 cm³/mol. The Morgan fingerprint density at radius 1 is 1.21 bits per heavy atom. The number of hydrogen-bond donors (Lipinski definition) is 0. The van der Waals surface area contributed by atoms with Crippen LogP contribution in [-0.4, -0.2) is 34.4 Å². The number of anilines is 1. The maximum atomic E-state index is 12.7. The number of ether oxygens (including phenoxy) is 1. The summed E-state index contributed by atoms with van der Waals surface area (Å²) in [6.07, 6.45) is 3.51. The standard InChI is InChI=1S/C21H20N4O3/c1-15-10-16(2)12-17(11-15)25(9-5-7-22)20(26)14-28-21(27)18-13-24-8-4-3-6-19(24)23-18/h3-4,6,8,10-13H,5,9,14H2,1-2H3. The number of nitriles is 1. The third-order valence-electron chi connectivity index (χ3n) is 4.17. The van der Waals surface area contributed by atoms with Crippen molar-refractivity contribution in [1.82, 2.24) is 9.38 Å². The van der Waals surface area contributed by atoms with E-state index in [1.54, 1.807) is 22.9 Å². The van der Waals surface area contributed by atoms with Gasteiger partial charge in [-0.25, -0.2) is 9.78 Å². The van der Waals surface area contributed by atoms with Gasteiger partial charge < -0.3 is 14.0 Å². The molecule has 1 aromatic carbocycles. The number of amides is 1. The van der Waals surface area contributed by atoms with Gasteiger partial charge in [0.15, 0.2) is 12.3 Å². The van der Waals surface area contributed by atoms with E-state index in [2.05, 4.69) is 4.98 Å². The average molecular weight is 376 g/mol. The molecule has 0 saturated carbocycles. The lowest BCUT2D eigenvalue weighted by Gasteiger charge is -2.22. The Balaban J connectivity index is 1.72. The Morgan fingerprint density at radius 3 is 2.64 bits per heavy atom. The van der Waals surface area contributed by atoms with Gasteiger partial charge >= 0.3 is 5.97 Å². The minimum absolute atomic E-state index is 0.133. The second kappa shape index (κ2) is 8.35.